The second kappa shape index (κ2) is 5.81. The number of fused-ring (bicyclic) bond motifs is 1. The molecular weight excluding hydrogens is 254 g/mol. The summed E-state index contributed by atoms with van der Waals surface area (Å²) in [6.45, 7) is 2.10. The molecule has 3 aromatic carbocycles. The van der Waals surface area contributed by atoms with Crippen molar-refractivity contribution in [1.29, 1.82) is 5.26 Å². The highest BCUT2D eigenvalue weighted by atomic mass is 14.3. The van der Waals surface area contributed by atoms with Gasteiger partial charge in [-0.3, -0.25) is 0 Å². The molecule has 0 aliphatic rings. The molecule has 0 aromatic heterocycles. The van der Waals surface area contributed by atoms with Crippen molar-refractivity contribution in [2.75, 3.05) is 0 Å². The molecule has 0 spiro atoms. The molecule has 0 radical (unpaired) electrons. The molecule has 0 amide bonds. The normalized spacial score (nSPS) is 12.0. The monoisotopic (exact) mass is 271 g/mol. The van der Waals surface area contributed by atoms with Gasteiger partial charge in [0.15, 0.2) is 0 Å². The van der Waals surface area contributed by atoms with Crippen molar-refractivity contribution in [3.8, 4) is 6.07 Å². The second-order valence-electron chi connectivity index (χ2n) is 5.38. The van der Waals surface area contributed by atoms with Gasteiger partial charge in [-0.05, 0) is 40.8 Å². The smallest absolute Gasteiger partial charge is 0.0759 e. The SMILES string of the molecule is Cc1ccccc1CC(C#N)c1cccc2ccccc12. The van der Waals surface area contributed by atoms with E-state index in [1.165, 1.54) is 21.9 Å². The van der Waals surface area contributed by atoms with Crippen molar-refractivity contribution in [2.45, 2.75) is 19.3 Å². The largest absolute Gasteiger partial charge is 0.198 e. The number of aryl methyl sites for hydroxylation is 1. The maximum Gasteiger partial charge on any atom is 0.0759 e. The van der Waals surface area contributed by atoms with Crippen LogP contribution >= 0.6 is 0 Å². The predicted molar refractivity (Wildman–Crippen MR) is 87.2 cm³/mol. The summed E-state index contributed by atoms with van der Waals surface area (Å²) >= 11 is 0. The Balaban J connectivity index is 2.04. The number of benzene rings is 3. The van der Waals surface area contributed by atoms with Gasteiger partial charge >= 0.3 is 0 Å². The van der Waals surface area contributed by atoms with Gasteiger partial charge in [-0.15, -0.1) is 0 Å². The summed E-state index contributed by atoms with van der Waals surface area (Å²) in [7, 11) is 0. The molecule has 0 saturated heterocycles. The highest BCUT2D eigenvalue weighted by Gasteiger charge is 2.15. The maximum atomic E-state index is 9.64. The second-order valence-corrected chi connectivity index (χ2v) is 5.38. The molecule has 1 heteroatoms. The minimum absolute atomic E-state index is 0.114. The lowest BCUT2D eigenvalue weighted by molar-refractivity contribution is 0.850. The Morgan fingerprint density at radius 3 is 2.43 bits per heavy atom. The summed E-state index contributed by atoms with van der Waals surface area (Å²) < 4.78 is 0. The van der Waals surface area contributed by atoms with Crippen LogP contribution in [0.15, 0.2) is 66.7 Å². The standard InChI is InChI=1S/C20H17N/c1-15-7-2-3-9-17(15)13-18(14-21)20-12-6-10-16-8-4-5-11-19(16)20/h2-12,18H,13H2,1H3. The van der Waals surface area contributed by atoms with Gasteiger partial charge in [0.25, 0.3) is 0 Å². The third kappa shape index (κ3) is 2.66. The van der Waals surface area contributed by atoms with E-state index < -0.39 is 0 Å². The van der Waals surface area contributed by atoms with Crippen LogP contribution in [0.2, 0.25) is 0 Å². The van der Waals surface area contributed by atoms with Crippen LogP contribution in [0.3, 0.4) is 0 Å². The molecule has 0 aliphatic heterocycles. The summed E-state index contributed by atoms with van der Waals surface area (Å²) in [6, 6.07) is 25.3. The van der Waals surface area contributed by atoms with Gasteiger partial charge in [0.05, 0.1) is 12.0 Å². The molecule has 0 N–H and O–H groups in total. The van der Waals surface area contributed by atoms with Crippen LogP contribution in [0.4, 0.5) is 0 Å². The lowest BCUT2D eigenvalue weighted by atomic mass is 9.88. The first kappa shape index (κ1) is 13.4. The molecule has 102 valence electrons. The minimum atomic E-state index is -0.114. The van der Waals surface area contributed by atoms with Crippen LogP contribution in [0, 0.1) is 18.3 Å². The number of nitrogens with zero attached hydrogens (tertiary/aromatic N) is 1. The van der Waals surface area contributed by atoms with Gasteiger partial charge in [-0.1, -0.05) is 66.7 Å². The lowest BCUT2D eigenvalue weighted by Gasteiger charge is -2.14. The molecular formula is C20H17N. The van der Waals surface area contributed by atoms with Crippen molar-refractivity contribution >= 4 is 10.8 Å². The average molecular weight is 271 g/mol. The highest BCUT2D eigenvalue weighted by Crippen LogP contribution is 2.28. The van der Waals surface area contributed by atoms with Crippen LogP contribution in [-0.2, 0) is 6.42 Å². The fourth-order valence-electron chi connectivity index (χ4n) is 2.84. The lowest BCUT2D eigenvalue weighted by Crippen LogP contribution is -2.02. The zero-order valence-corrected chi connectivity index (χ0v) is 12.1. The molecule has 0 fully saturated rings. The van der Waals surface area contributed by atoms with E-state index >= 15 is 0 Å². The molecule has 0 saturated carbocycles. The summed E-state index contributed by atoms with van der Waals surface area (Å²) in [5.74, 6) is -0.114. The summed E-state index contributed by atoms with van der Waals surface area (Å²) in [5.41, 5.74) is 3.62. The van der Waals surface area contributed by atoms with E-state index in [1.807, 2.05) is 30.3 Å². The number of rotatable bonds is 3. The third-order valence-corrected chi connectivity index (χ3v) is 4.04. The summed E-state index contributed by atoms with van der Waals surface area (Å²) in [6.07, 6.45) is 0.761. The summed E-state index contributed by atoms with van der Waals surface area (Å²) in [5, 5.41) is 12.0. The molecule has 1 nitrogen and oxygen atoms in total. The molecule has 0 aliphatic carbocycles. The van der Waals surface area contributed by atoms with E-state index in [9.17, 15) is 5.26 Å². The Morgan fingerprint density at radius 1 is 0.905 bits per heavy atom. The van der Waals surface area contributed by atoms with E-state index in [4.69, 9.17) is 0 Å². The Hall–Kier alpha value is -2.59. The van der Waals surface area contributed by atoms with Crippen LogP contribution in [0.1, 0.15) is 22.6 Å². The van der Waals surface area contributed by atoms with Gasteiger partial charge in [-0.2, -0.15) is 5.26 Å². The van der Waals surface area contributed by atoms with Crippen LogP contribution in [0.25, 0.3) is 10.8 Å². The molecule has 0 bridgehead atoms. The molecule has 1 atom stereocenters. The van der Waals surface area contributed by atoms with Crippen LogP contribution < -0.4 is 0 Å². The first-order valence-electron chi connectivity index (χ1n) is 7.21. The van der Waals surface area contributed by atoms with Gasteiger partial charge in [0, 0.05) is 0 Å². The first-order valence-corrected chi connectivity index (χ1v) is 7.21. The molecule has 0 heterocycles. The summed E-state index contributed by atoms with van der Waals surface area (Å²) in [4.78, 5) is 0. The van der Waals surface area contributed by atoms with Crippen molar-refractivity contribution in [2.24, 2.45) is 0 Å². The average Bonchev–Trinajstić information content (AvgIpc) is 2.54. The van der Waals surface area contributed by atoms with Gasteiger partial charge in [0.1, 0.15) is 0 Å². The number of hydrogen-bond donors (Lipinski definition) is 0. The van der Waals surface area contributed by atoms with Crippen LogP contribution in [0.5, 0.6) is 0 Å². The fourth-order valence-corrected chi connectivity index (χ4v) is 2.84. The zero-order valence-electron chi connectivity index (χ0n) is 12.1. The van der Waals surface area contributed by atoms with Gasteiger partial charge < -0.3 is 0 Å². The van der Waals surface area contributed by atoms with E-state index in [0.717, 1.165) is 12.0 Å². The van der Waals surface area contributed by atoms with Crippen LogP contribution in [-0.4, -0.2) is 0 Å². The Bertz CT molecular complexity index is 806. The molecule has 21 heavy (non-hydrogen) atoms. The highest BCUT2D eigenvalue weighted by molar-refractivity contribution is 5.86. The molecule has 3 rings (SSSR count). The number of hydrogen-bond acceptors (Lipinski definition) is 1. The van der Waals surface area contributed by atoms with E-state index in [1.54, 1.807) is 0 Å². The zero-order chi connectivity index (χ0) is 14.7. The van der Waals surface area contributed by atoms with Gasteiger partial charge in [0.2, 0.25) is 0 Å². The molecule has 1 unspecified atom stereocenters. The Labute approximate surface area is 125 Å². The third-order valence-electron chi connectivity index (χ3n) is 4.04. The Morgan fingerprint density at radius 2 is 1.62 bits per heavy atom. The van der Waals surface area contributed by atoms with Crippen molar-refractivity contribution in [1.82, 2.24) is 0 Å². The first-order chi connectivity index (χ1) is 10.3. The fraction of sp³-hybridized carbons (Fsp3) is 0.150. The maximum absolute atomic E-state index is 9.64. The topological polar surface area (TPSA) is 23.8 Å². The Kier molecular flexibility index (Phi) is 3.71. The number of nitriles is 1. The molecule has 3 aromatic rings. The van der Waals surface area contributed by atoms with Crippen molar-refractivity contribution in [3.05, 3.63) is 83.4 Å². The van der Waals surface area contributed by atoms with Crippen molar-refractivity contribution < 1.29 is 0 Å². The van der Waals surface area contributed by atoms with Gasteiger partial charge in [-0.25, -0.2) is 0 Å². The van der Waals surface area contributed by atoms with E-state index in [-0.39, 0.29) is 5.92 Å². The van der Waals surface area contributed by atoms with Crippen molar-refractivity contribution in [3.63, 3.8) is 0 Å². The van der Waals surface area contributed by atoms with E-state index in [0.29, 0.717) is 0 Å². The van der Waals surface area contributed by atoms with E-state index in [2.05, 4.69) is 49.4 Å². The quantitative estimate of drug-likeness (QED) is 0.657. The minimum Gasteiger partial charge on any atom is -0.198 e. The predicted octanol–water partition coefficient (Wildman–Crippen LogP) is 5.00.